The third-order valence-electron chi connectivity index (χ3n) is 5.94. The Hall–Kier alpha value is -1.77. The molecule has 168 valence electrons. The number of β-amino-alcohol motifs (C(OH)–C–C–N with tert-alkyl or cyclic N) is 1. The quantitative estimate of drug-likeness (QED) is 0.709. The average molecular weight is 427 g/mol. The van der Waals surface area contributed by atoms with Crippen LogP contribution in [0.15, 0.2) is 18.2 Å². The molecule has 0 spiro atoms. The van der Waals surface area contributed by atoms with E-state index in [0.717, 1.165) is 43.9 Å². The third kappa shape index (κ3) is 6.36. The number of ether oxygens (including phenoxy) is 2. The molecule has 1 unspecified atom stereocenters. The molecule has 1 amide bonds. The van der Waals surface area contributed by atoms with Gasteiger partial charge < -0.3 is 19.5 Å². The maximum atomic E-state index is 13.5. The molecule has 1 N–H and O–H groups in total. The van der Waals surface area contributed by atoms with Crippen LogP contribution >= 0.6 is 0 Å². The standard InChI is InChI=1S/C22H32F2N2O4/c1-29-13-21(27)26-9-8-25(19-6-4-2-3-5-7-19)14-22(28,15-26)16-30-20-11-17(23)10-18(24)12-20/h10-12,19,28H,2-9,13-16H2,1H3. The van der Waals surface area contributed by atoms with Crippen LogP contribution < -0.4 is 4.74 Å². The van der Waals surface area contributed by atoms with E-state index in [4.69, 9.17) is 9.47 Å². The minimum absolute atomic E-state index is 0.0148. The first-order valence-corrected chi connectivity index (χ1v) is 10.7. The smallest absolute Gasteiger partial charge is 0.248 e. The molecule has 1 heterocycles. The molecule has 0 bridgehead atoms. The fourth-order valence-electron chi connectivity index (χ4n) is 4.47. The first-order valence-electron chi connectivity index (χ1n) is 10.7. The van der Waals surface area contributed by atoms with Gasteiger partial charge in [-0.2, -0.15) is 0 Å². The zero-order chi connectivity index (χ0) is 21.6. The maximum absolute atomic E-state index is 13.5. The van der Waals surface area contributed by atoms with Crippen LogP contribution in [-0.2, 0) is 9.53 Å². The van der Waals surface area contributed by atoms with Gasteiger partial charge in [-0.05, 0) is 12.8 Å². The number of amides is 1. The lowest BCUT2D eigenvalue weighted by Crippen LogP contribution is -2.53. The van der Waals surface area contributed by atoms with Gasteiger partial charge in [0.05, 0.1) is 6.54 Å². The first-order chi connectivity index (χ1) is 14.4. The predicted octanol–water partition coefficient (Wildman–Crippen LogP) is 2.59. The second-order valence-corrected chi connectivity index (χ2v) is 8.48. The Morgan fingerprint density at radius 3 is 2.40 bits per heavy atom. The highest BCUT2D eigenvalue weighted by Crippen LogP contribution is 2.26. The molecule has 0 aromatic heterocycles. The maximum Gasteiger partial charge on any atom is 0.248 e. The number of benzene rings is 1. The largest absolute Gasteiger partial charge is 0.490 e. The highest BCUT2D eigenvalue weighted by Gasteiger charge is 2.39. The van der Waals surface area contributed by atoms with Crippen LogP contribution in [0, 0.1) is 11.6 Å². The molecule has 3 rings (SSSR count). The van der Waals surface area contributed by atoms with E-state index in [-0.39, 0.29) is 31.4 Å². The third-order valence-corrected chi connectivity index (χ3v) is 5.94. The monoisotopic (exact) mass is 426 g/mol. The number of carbonyl (C=O) groups excluding carboxylic acids is 1. The number of nitrogens with zero attached hydrogens (tertiary/aromatic N) is 2. The molecule has 6 nitrogen and oxygen atoms in total. The normalized spacial score (nSPS) is 24.3. The Morgan fingerprint density at radius 2 is 1.77 bits per heavy atom. The molecule has 1 saturated heterocycles. The molecular formula is C22H32F2N2O4. The average Bonchev–Trinajstić information content (AvgIpc) is 3.06. The zero-order valence-electron chi connectivity index (χ0n) is 17.6. The number of aliphatic hydroxyl groups is 1. The van der Waals surface area contributed by atoms with Crippen LogP contribution in [0.3, 0.4) is 0 Å². The lowest BCUT2D eigenvalue weighted by atomic mass is 10.0. The van der Waals surface area contributed by atoms with Gasteiger partial charge in [-0.1, -0.05) is 25.7 Å². The zero-order valence-corrected chi connectivity index (χ0v) is 17.6. The summed E-state index contributed by atoms with van der Waals surface area (Å²) in [5.74, 6) is -1.67. The van der Waals surface area contributed by atoms with E-state index in [0.29, 0.717) is 25.7 Å². The SMILES string of the molecule is COCC(=O)N1CCN(C2CCCCCC2)CC(O)(COc2cc(F)cc(F)c2)C1. The van der Waals surface area contributed by atoms with Gasteiger partial charge in [0.15, 0.2) is 0 Å². The van der Waals surface area contributed by atoms with Gasteiger partial charge in [-0.15, -0.1) is 0 Å². The highest BCUT2D eigenvalue weighted by molar-refractivity contribution is 5.77. The molecule has 1 aliphatic heterocycles. The summed E-state index contributed by atoms with van der Waals surface area (Å²) in [6.07, 6.45) is 6.90. The highest BCUT2D eigenvalue weighted by atomic mass is 19.1. The fourth-order valence-corrected chi connectivity index (χ4v) is 4.47. The predicted molar refractivity (Wildman–Crippen MR) is 108 cm³/mol. The summed E-state index contributed by atoms with van der Waals surface area (Å²) in [6, 6.07) is 3.29. The van der Waals surface area contributed by atoms with Gasteiger partial charge in [0.2, 0.25) is 5.91 Å². The number of rotatable bonds is 6. The molecule has 8 heteroatoms. The van der Waals surface area contributed by atoms with Crippen LogP contribution in [0.5, 0.6) is 5.75 Å². The van der Waals surface area contributed by atoms with Gasteiger partial charge in [-0.3, -0.25) is 9.69 Å². The summed E-state index contributed by atoms with van der Waals surface area (Å²) in [5, 5.41) is 11.4. The first kappa shape index (κ1) is 22.9. The van der Waals surface area contributed by atoms with Crippen molar-refractivity contribution < 1.29 is 28.2 Å². The van der Waals surface area contributed by atoms with Crippen molar-refractivity contribution in [1.29, 1.82) is 0 Å². The van der Waals surface area contributed by atoms with Crippen molar-refractivity contribution in [1.82, 2.24) is 9.80 Å². The molecule has 2 fully saturated rings. The van der Waals surface area contributed by atoms with Gasteiger partial charge in [0, 0.05) is 51.0 Å². The van der Waals surface area contributed by atoms with Crippen LogP contribution in [0.4, 0.5) is 8.78 Å². The van der Waals surface area contributed by atoms with E-state index in [1.165, 1.54) is 20.0 Å². The minimum atomic E-state index is -1.37. The molecule has 1 aromatic rings. The van der Waals surface area contributed by atoms with Crippen molar-refractivity contribution in [2.24, 2.45) is 0 Å². The molecule has 0 radical (unpaired) electrons. The summed E-state index contributed by atoms with van der Waals surface area (Å²) < 4.78 is 37.6. The molecule has 1 saturated carbocycles. The van der Waals surface area contributed by atoms with Crippen molar-refractivity contribution >= 4 is 5.91 Å². The summed E-state index contributed by atoms with van der Waals surface area (Å²) in [7, 11) is 1.46. The van der Waals surface area contributed by atoms with Crippen LogP contribution in [0.2, 0.25) is 0 Å². The van der Waals surface area contributed by atoms with Gasteiger partial charge in [0.25, 0.3) is 0 Å². The van der Waals surface area contributed by atoms with Crippen molar-refractivity contribution in [2.45, 2.75) is 50.2 Å². The van der Waals surface area contributed by atoms with Crippen LogP contribution in [-0.4, -0.2) is 79.0 Å². The van der Waals surface area contributed by atoms with Crippen molar-refractivity contribution in [2.75, 3.05) is 46.5 Å². The number of carbonyl (C=O) groups is 1. The molecular weight excluding hydrogens is 394 g/mol. The van der Waals surface area contributed by atoms with E-state index >= 15 is 0 Å². The van der Waals surface area contributed by atoms with Crippen molar-refractivity contribution in [3.8, 4) is 5.75 Å². The van der Waals surface area contributed by atoms with E-state index < -0.39 is 17.2 Å². The number of hydrogen-bond donors (Lipinski definition) is 1. The summed E-state index contributed by atoms with van der Waals surface area (Å²) in [6.45, 7) is 1.35. The summed E-state index contributed by atoms with van der Waals surface area (Å²) in [5.41, 5.74) is -1.37. The summed E-state index contributed by atoms with van der Waals surface area (Å²) in [4.78, 5) is 16.3. The van der Waals surface area contributed by atoms with Crippen molar-refractivity contribution in [3.05, 3.63) is 29.8 Å². The Balaban J connectivity index is 1.76. The molecule has 30 heavy (non-hydrogen) atoms. The second-order valence-electron chi connectivity index (χ2n) is 8.48. The lowest BCUT2D eigenvalue weighted by molar-refractivity contribution is -0.138. The van der Waals surface area contributed by atoms with Crippen LogP contribution in [0.25, 0.3) is 0 Å². The van der Waals surface area contributed by atoms with Gasteiger partial charge in [0.1, 0.15) is 36.2 Å². The number of hydrogen-bond acceptors (Lipinski definition) is 5. The van der Waals surface area contributed by atoms with Gasteiger partial charge >= 0.3 is 0 Å². The Kier molecular flexibility index (Phi) is 8.02. The molecule has 2 aliphatic rings. The number of halogens is 2. The Morgan fingerprint density at radius 1 is 1.10 bits per heavy atom. The lowest BCUT2D eigenvalue weighted by Gasteiger charge is -2.36. The van der Waals surface area contributed by atoms with E-state index in [1.54, 1.807) is 4.90 Å². The Labute approximate surface area is 176 Å². The molecule has 1 aliphatic carbocycles. The van der Waals surface area contributed by atoms with E-state index in [2.05, 4.69) is 4.90 Å². The molecule has 1 aromatic carbocycles. The minimum Gasteiger partial charge on any atom is -0.490 e. The topological polar surface area (TPSA) is 62.2 Å². The number of methoxy groups -OCH3 is 1. The fraction of sp³-hybridized carbons (Fsp3) is 0.682. The summed E-state index contributed by atoms with van der Waals surface area (Å²) >= 11 is 0. The van der Waals surface area contributed by atoms with Crippen molar-refractivity contribution in [3.63, 3.8) is 0 Å². The second kappa shape index (κ2) is 10.5. The van der Waals surface area contributed by atoms with Gasteiger partial charge in [-0.25, -0.2) is 8.78 Å². The molecule has 1 atom stereocenters. The van der Waals surface area contributed by atoms with Crippen LogP contribution in [0.1, 0.15) is 38.5 Å². The Bertz CT molecular complexity index is 692. The van der Waals surface area contributed by atoms with E-state index in [1.807, 2.05) is 0 Å². The van der Waals surface area contributed by atoms with E-state index in [9.17, 15) is 18.7 Å².